The molecule has 0 aliphatic carbocycles. The number of ether oxygens (including phenoxy) is 1. The highest BCUT2D eigenvalue weighted by Gasteiger charge is 2.30. The highest BCUT2D eigenvalue weighted by molar-refractivity contribution is 8.20. The lowest BCUT2D eigenvalue weighted by Gasteiger charge is -2.29. The molecule has 0 saturated carbocycles. The van der Waals surface area contributed by atoms with Crippen molar-refractivity contribution < 1.29 is 13.2 Å². The number of likely N-dealkylation sites (tertiary alicyclic amines) is 1. The minimum atomic E-state index is -3.74. The first-order valence-electron chi connectivity index (χ1n) is 12.8. The minimum absolute atomic E-state index is 0.251. The number of para-hydroxylation sites is 1. The van der Waals surface area contributed by atoms with Crippen LogP contribution in [0.15, 0.2) is 62.7 Å². The number of sulfonamides is 1. The predicted octanol–water partition coefficient (Wildman–Crippen LogP) is 7.03. The Labute approximate surface area is 239 Å². The highest BCUT2D eigenvalue weighted by atomic mass is 32.3. The van der Waals surface area contributed by atoms with Gasteiger partial charge in [0, 0.05) is 43.3 Å². The van der Waals surface area contributed by atoms with Gasteiger partial charge in [0.05, 0.1) is 23.1 Å². The molecule has 1 aliphatic rings. The standard InChI is InChI=1S/C24H32N4O2S3.C2H6O.C2H6/c1-5-23(32-6-2)33(29,30)28(18(3)4)22-11-9-10-19-14-20(26-24(19)22)15-25-16-21(31)17-27-12-7-8-13-27;1-3-2;1-2/h5-6,9-11,14-16,18,26,31H,2,7-8,12-13,17H2,1,3-4H3;1-2H3;1-2H3/b21-16-,23-5+,25-15?;;. The third-order valence-corrected chi connectivity index (χ3v) is 9.02. The van der Waals surface area contributed by atoms with Crippen LogP contribution in [0, 0.1) is 0 Å². The molecule has 1 N–H and O–H groups in total. The third-order valence-electron chi connectivity index (χ3n) is 5.33. The fraction of sp³-hybridized carbons (Fsp3) is 0.464. The summed E-state index contributed by atoms with van der Waals surface area (Å²) in [4.78, 5) is 11.1. The number of aliphatic imine (C=N–C) groups is 1. The summed E-state index contributed by atoms with van der Waals surface area (Å²) in [5.74, 6) is 0. The average Bonchev–Trinajstić information content (AvgIpc) is 3.54. The first kappa shape index (κ1) is 34.0. The first-order valence-corrected chi connectivity index (χ1v) is 15.6. The Bertz CT molecular complexity index is 1200. The van der Waals surface area contributed by atoms with Gasteiger partial charge in [-0.2, -0.15) is 0 Å². The van der Waals surface area contributed by atoms with Gasteiger partial charge in [0.15, 0.2) is 0 Å². The summed E-state index contributed by atoms with van der Waals surface area (Å²) in [6.45, 7) is 16.2. The van der Waals surface area contributed by atoms with Crippen LogP contribution in [0.25, 0.3) is 10.9 Å². The van der Waals surface area contributed by atoms with E-state index in [1.165, 1.54) is 22.6 Å². The topological polar surface area (TPSA) is 78.0 Å². The summed E-state index contributed by atoms with van der Waals surface area (Å²) in [5.41, 5.74) is 2.15. The van der Waals surface area contributed by atoms with Crippen molar-refractivity contribution in [3.63, 3.8) is 0 Å². The maximum absolute atomic E-state index is 13.5. The Hall–Kier alpha value is -1.98. The molecule has 10 heteroatoms. The normalized spacial score (nSPS) is 14.9. The molecule has 3 rings (SSSR count). The van der Waals surface area contributed by atoms with Crippen molar-refractivity contribution in [1.82, 2.24) is 9.88 Å². The van der Waals surface area contributed by atoms with E-state index < -0.39 is 10.0 Å². The molecule has 7 nitrogen and oxygen atoms in total. The van der Waals surface area contributed by atoms with Gasteiger partial charge in [-0.15, -0.1) is 12.6 Å². The van der Waals surface area contributed by atoms with Gasteiger partial charge in [0.2, 0.25) is 0 Å². The van der Waals surface area contributed by atoms with Gasteiger partial charge in [0.1, 0.15) is 4.24 Å². The molecule has 38 heavy (non-hydrogen) atoms. The van der Waals surface area contributed by atoms with Crippen LogP contribution >= 0.6 is 24.4 Å². The van der Waals surface area contributed by atoms with Crippen molar-refractivity contribution in [1.29, 1.82) is 0 Å². The smallest absolute Gasteiger partial charge is 0.270 e. The van der Waals surface area contributed by atoms with Crippen molar-refractivity contribution >= 4 is 57.2 Å². The fourth-order valence-corrected chi connectivity index (χ4v) is 6.93. The van der Waals surface area contributed by atoms with Crippen molar-refractivity contribution in [2.24, 2.45) is 4.99 Å². The summed E-state index contributed by atoms with van der Waals surface area (Å²) in [5, 5.41) is 2.45. The fourth-order valence-electron chi connectivity index (χ4n) is 3.97. The maximum atomic E-state index is 13.5. The zero-order chi connectivity index (χ0) is 28.7. The monoisotopic (exact) mass is 580 g/mol. The molecule has 1 fully saturated rings. The molecule has 1 aliphatic heterocycles. The molecule has 0 unspecified atom stereocenters. The number of allylic oxidation sites excluding steroid dienone is 1. The van der Waals surface area contributed by atoms with Crippen LogP contribution in [0.4, 0.5) is 5.69 Å². The number of anilines is 1. The van der Waals surface area contributed by atoms with Gasteiger partial charge < -0.3 is 9.72 Å². The lowest BCUT2D eigenvalue weighted by molar-refractivity contribution is 0.277. The van der Waals surface area contributed by atoms with Crippen molar-refractivity contribution in [2.75, 3.05) is 38.2 Å². The quantitative estimate of drug-likeness (QED) is 0.233. The SMILES string of the molecule is C=CS/C(=C\C)S(=O)(=O)N(c1cccc2cc(C=N/C=C(\S)CN3CCCC3)[nH]c12)C(C)C.CC.COC. The van der Waals surface area contributed by atoms with Crippen LogP contribution in [-0.2, 0) is 14.8 Å². The van der Waals surface area contributed by atoms with Gasteiger partial charge in [-0.3, -0.25) is 14.2 Å². The summed E-state index contributed by atoms with van der Waals surface area (Å²) in [7, 11) is -0.491. The molecular formula is C28H44N4O3S3. The zero-order valence-electron chi connectivity index (χ0n) is 23.8. The van der Waals surface area contributed by atoms with Gasteiger partial charge in [-0.05, 0) is 64.2 Å². The van der Waals surface area contributed by atoms with Gasteiger partial charge in [-0.1, -0.05) is 50.4 Å². The number of H-pyrrole nitrogens is 1. The molecule has 0 spiro atoms. The predicted molar refractivity (Wildman–Crippen MR) is 171 cm³/mol. The lowest BCUT2D eigenvalue weighted by Crippen LogP contribution is -2.37. The van der Waals surface area contributed by atoms with Crippen LogP contribution in [0.1, 0.15) is 53.2 Å². The number of fused-ring (bicyclic) bond motifs is 1. The molecule has 0 amide bonds. The van der Waals surface area contributed by atoms with Crippen LogP contribution < -0.4 is 4.31 Å². The van der Waals surface area contributed by atoms with Gasteiger partial charge in [0.25, 0.3) is 10.0 Å². The van der Waals surface area contributed by atoms with Crippen LogP contribution in [0.2, 0.25) is 0 Å². The lowest BCUT2D eigenvalue weighted by atomic mass is 10.2. The molecule has 1 aromatic carbocycles. The van der Waals surface area contributed by atoms with E-state index in [-0.39, 0.29) is 10.3 Å². The molecule has 0 bridgehead atoms. The zero-order valence-corrected chi connectivity index (χ0v) is 26.3. The number of aromatic amines is 1. The molecule has 2 aromatic rings. The minimum Gasteiger partial charge on any atom is -0.388 e. The Morgan fingerprint density at radius 3 is 2.47 bits per heavy atom. The third kappa shape index (κ3) is 9.64. The van der Waals surface area contributed by atoms with Crippen LogP contribution in [-0.4, -0.2) is 64.4 Å². The number of thioether (sulfide) groups is 1. The maximum Gasteiger partial charge on any atom is 0.270 e. The van der Waals surface area contributed by atoms with Crippen LogP contribution in [0.5, 0.6) is 0 Å². The molecule has 2 heterocycles. The summed E-state index contributed by atoms with van der Waals surface area (Å²) < 4.78 is 32.9. The Balaban J connectivity index is 0.00000135. The number of thiol groups is 1. The number of methoxy groups -OCH3 is 1. The second-order valence-corrected chi connectivity index (χ2v) is 12.2. The number of rotatable bonds is 10. The number of benzene rings is 1. The van der Waals surface area contributed by atoms with E-state index in [2.05, 4.69) is 38.8 Å². The van der Waals surface area contributed by atoms with E-state index in [0.717, 1.165) is 52.9 Å². The van der Waals surface area contributed by atoms with E-state index in [0.29, 0.717) is 5.69 Å². The van der Waals surface area contributed by atoms with E-state index in [1.54, 1.807) is 39.6 Å². The number of hydrogen-bond acceptors (Lipinski definition) is 7. The summed E-state index contributed by atoms with van der Waals surface area (Å²) >= 11 is 5.66. The molecule has 212 valence electrons. The largest absolute Gasteiger partial charge is 0.388 e. The van der Waals surface area contributed by atoms with Crippen molar-refractivity contribution in [2.45, 2.75) is 53.5 Å². The van der Waals surface area contributed by atoms with Crippen molar-refractivity contribution in [3.05, 3.63) is 63.4 Å². The number of aromatic nitrogens is 1. The molecule has 1 saturated heterocycles. The van der Waals surface area contributed by atoms with E-state index >= 15 is 0 Å². The Kier molecular flexibility index (Phi) is 15.7. The van der Waals surface area contributed by atoms with E-state index in [9.17, 15) is 8.42 Å². The number of nitrogens with zero attached hydrogens (tertiary/aromatic N) is 3. The summed E-state index contributed by atoms with van der Waals surface area (Å²) in [6, 6.07) is 7.34. The van der Waals surface area contributed by atoms with Gasteiger partial charge in [-0.25, -0.2) is 8.42 Å². The molecule has 0 atom stereocenters. The highest BCUT2D eigenvalue weighted by Crippen LogP contribution is 2.35. The number of hydrogen-bond donors (Lipinski definition) is 2. The molecular weight excluding hydrogens is 537 g/mol. The Morgan fingerprint density at radius 1 is 1.29 bits per heavy atom. The Morgan fingerprint density at radius 2 is 1.92 bits per heavy atom. The summed E-state index contributed by atoms with van der Waals surface area (Å²) in [6.07, 6.45) is 7.60. The second kappa shape index (κ2) is 17.6. The van der Waals surface area contributed by atoms with Crippen molar-refractivity contribution in [3.8, 4) is 0 Å². The van der Waals surface area contributed by atoms with Gasteiger partial charge >= 0.3 is 0 Å². The first-order chi connectivity index (χ1) is 18.2. The molecule has 1 aromatic heterocycles. The molecule has 0 radical (unpaired) electrons. The van der Waals surface area contributed by atoms with E-state index in [1.807, 2.05) is 52.0 Å². The second-order valence-electron chi connectivity index (χ2n) is 8.54. The van der Waals surface area contributed by atoms with Crippen LogP contribution in [0.3, 0.4) is 0 Å². The average molecular weight is 581 g/mol. The number of nitrogens with one attached hydrogen (secondary N) is 1. The van der Waals surface area contributed by atoms with E-state index in [4.69, 9.17) is 0 Å².